The van der Waals surface area contributed by atoms with Gasteiger partial charge in [-0.25, -0.2) is 4.79 Å². The Hall–Kier alpha value is -7.42. The van der Waals surface area contributed by atoms with E-state index in [1.807, 2.05) is 20.8 Å². The predicted molar refractivity (Wildman–Crippen MR) is 341 cm³/mol. The predicted octanol–water partition coefficient (Wildman–Crippen LogP) is 0.480. The Balaban J connectivity index is 2.06. The number of carbonyl (C=O) groups excluding carboxylic acids is 14. The maximum atomic E-state index is 15.0. The van der Waals surface area contributed by atoms with E-state index in [4.69, 9.17) is 4.74 Å². The minimum Gasteiger partial charge on any atom is -0.458 e. The van der Waals surface area contributed by atoms with Crippen LogP contribution in [0.4, 0.5) is 0 Å². The van der Waals surface area contributed by atoms with Crippen molar-refractivity contribution in [3.8, 4) is 0 Å². The SMILES string of the molecule is CCCC(=O)N1CCC[C@H]1C(=O)N[C@H](C)C(=O)N[C@H](C(=O)N[C@H](CC(C)C)C(=O)N[C@H](C(=O)N[C@H]1C(=O)N[C@@H](C(C)C)C(=O)N[C@H](C(C)C)C(=O)N[C@@H](C(C)C)C(=O)N[C@H](C)C(=O)NCCC(=O)N2CCC[C@@H]2C(=O)N[C@@H](C(C)C)C(=O)O[C@@H]1C)[C@H](C)CC)C(C)C. The molecular formula is C64H109N13O15. The molecule has 0 aromatic carbocycles. The lowest BCUT2D eigenvalue weighted by Gasteiger charge is -2.33. The van der Waals surface area contributed by atoms with E-state index in [-0.39, 0.29) is 57.0 Å². The highest BCUT2D eigenvalue weighted by Gasteiger charge is 2.43. The molecule has 3 heterocycles. The lowest BCUT2D eigenvalue weighted by molar-refractivity contribution is -0.157. The molecule has 28 nitrogen and oxygen atoms in total. The Morgan fingerprint density at radius 1 is 0.565 bits per heavy atom. The third kappa shape index (κ3) is 22.7. The molecule has 3 rings (SSSR count). The maximum Gasteiger partial charge on any atom is 0.329 e. The van der Waals surface area contributed by atoms with Crippen LogP contribution in [0.1, 0.15) is 182 Å². The second-order valence-electron chi connectivity index (χ2n) is 27.1. The summed E-state index contributed by atoms with van der Waals surface area (Å²) in [6.07, 6.45) is 1.18. The molecule has 0 aromatic heterocycles. The zero-order chi connectivity index (χ0) is 69.8. The van der Waals surface area contributed by atoms with Crippen molar-refractivity contribution in [3.63, 3.8) is 0 Å². The quantitative estimate of drug-likeness (QED) is 0.0697. The Morgan fingerprint density at radius 3 is 1.61 bits per heavy atom. The fourth-order valence-corrected chi connectivity index (χ4v) is 11.1. The summed E-state index contributed by atoms with van der Waals surface area (Å²) in [4.78, 5) is 199. The molecular weight excluding hydrogens is 1190 g/mol. The molecule has 3 saturated heterocycles. The minimum atomic E-state index is -1.83. The topological polar surface area (TPSA) is 387 Å². The highest BCUT2D eigenvalue weighted by atomic mass is 16.5. The van der Waals surface area contributed by atoms with Crippen LogP contribution >= 0.6 is 0 Å². The molecule has 0 aromatic rings. The number of hydrogen-bond donors (Lipinski definition) is 11. The van der Waals surface area contributed by atoms with Crippen LogP contribution in [0.2, 0.25) is 0 Å². The molecule has 3 aliphatic rings. The largest absolute Gasteiger partial charge is 0.458 e. The van der Waals surface area contributed by atoms with Crippen LogP contribution in [-0.4, -0.2) is 191 Å². The Labute approximate surface area is 543 Å². The van der Waals surface area contributed by atoms with Gasteiger partial charge in [-0.1, -0.05) is 110 Å². The van der Waals surface area contributed by atoms with Crippen LogP contribution in [0, 0.1) is 41.4 Å². The van der Waals surface area contributed by atoms with Gasteiger partial charge in [0.25, 0.3) is 0 Å². The van der Waals surface area contributed by atoms with Crippen molar-refractivity contribution in [1.82, 2.24) is 68.3 Å². The Bertz CT molecular complexity index is 2630. The summed E-state index contributed by atoms with van der Waals surface area (Å²) in [6, 6.07) is -15.1. The van der Waals surface area contributed by atoms with Crippen molar-refractivity contribution in [3.05, 3.63) is 0 Å². The summed E-state index contributed by atoms with van der Waals surface area (Å²) in [7, 11) is 0. The smallest absolute Gasteiger partial charge is 0.329 e. The third-order valence-electron chi connectivity index (χ3n) is 17.0. The molecule has 11 N–H and O–H groups in total. The van der Waals surface area contributed by atoms with Gasteiger partial charge in [-0.15, -0.1) is 0 Å². The van der Waals surface area contributed by atoms with Crippen LogP contribution < -0.4 is 58.5 Å². The Morgan fingerprint density at radius 2 is 1.09 bits per heavy atom. The number of likely N-dealkylation sites (tertiary alicyclic amines) is 1. The molecule has 14 atom stereocenters. The van der Waals surface area contributed by atoms with Gasteiger partial charge in [0.15, 0.2) is 0 Å². The van der Waals surface area contributed by atoms with Crippen molar-refractivity contribution in [2.75, 3.05) is 19.6 Å². The highest BCUT2D eigenvalue weighted by molar-refractivity contribution is 6.00. The van der Waals surface area contributed by atoms with Crippen molar-refractivity contribution in [1.29, 1.82) is 0 Å². The van der Waals surface area contributed by atoms with Crippen molar-refractivity contribution in [2.24, 2.45) is 41.4 Å². The average Bonchev–Trinajstić information content (AvgIpc) is 1.02. The van der Waals surface area contributed by atoms with Crippen molar-refractivity contribution in [2.45, 2.75) is 261 Å². The number of fused-ring (bicyclic) bond motifs is 1. The molecule has 0 aliphatic carbocycles. The highest BCUT2D eigenvalue weighted by Crippen LogP contribution is 2.22. The summed E-state index contributed by atoms with van der Waals surface area (Å²) in [5.74, 6) is -13.8. The lowest BCUT2D eigenvalue weighted by Crippen LogP contribution is -2.64. The van der Waals surface area contributed by atoms with Gasteiger partial charge in [-0.05, 0) is 101 Å². The summed E-state index contributed by atoms with van der Waals surface area (Å²) < 4.78 is 5.98. The number of ether oxygens (including phenoxy) is 1. The first-order valence-electron chi connectivity index (χ1n) is 33.1. The number of rotatable bonds is 21. The maximum absolute atomic E-state index is 15.0. The van der Waals surface area contributed by atoms with E-state index in [2.05, 4.69) is 58.5 Å². The van der Waals surface area contributed by atoms with Gasteiger partial charge in [0.1, 0.15) is 78.6 Å². The average molecular weight is 1300 g/mol. The first-order chi connectivity index (χ1) is 43.0. The summed E-state index contributed by atoms with van der Waals surface area (Å²) in [6.45, 7) is 30.0. The van der Waals surface area contributed by atoms with E-state index < -0.39 is 191 Å². The molecule has 0 saturated carbocycles. The van der Waals surface area contributed by atoms with E-state index in [0.29, 0.717) is 32.2 Å². The van der Waals surface area contributed by atoms with Gasteiger partial charge in [0, 0.05) is 32.5 Å². The van der Waals surface area contributed by atoms with Crippen LogP contribution in [0.5, 0.6) is 0 Å². The molecule has 520 valence electrons. The molecule has 0 unspecified atom stereocenters. The number of carbonyl (C=O) groups is 14. The van der Waals surface area contributed by atoms with Crippen LogP contribution in [0.25, 0.3) is 0 Å². The van der Waals surface area contributed by atoms with Crippen molar-refractivity contribution >= 4 is 82.8 Å². The number of hydrogen-bond acceptors (Lipinski definition) is 15. The van der Waals surface area contributed by atoms with Crippen LogP contribution in [0.3, 0.4) is 0 Å². The zero-order valence-electron chi connectivity index (χ0n) is 57.6. The van der Waals surface area contributed by atoms with Crippen LogP contribution in [0.15, 0.2) is 0 Å². The monoisotopic (exact) mass is 1300 g/mol. The number of nitrogens with zero attached hydrogens (tertiary/aromatic N) is 2. The first kappa shape index (κ1) is 78.8. The fraction of sp³-hybridized carbons (Fsp3) is 0.781. The van der Waals surface area contributed by atoms with Gasteiger partial charge in [0.2, 0.25) is 76.8 Å². The third-order valence-corrected chi connectivity index (χ3v) is 17.0. The number of cyclic esters (lactones) is 1. The van der Waals surface area contributed by atoms with Crippen LogP contribution in [-0.2, 0) is 71.9 Å². The molecule has 3 aliphatic heterocycles. The van der Waals surface area contributed by atoms with Gasteiger partial charge >= 0.3 is 5.97 Å². The summed E-state index contributed by atoms with van der Waals surface area (Å²) in [5.41, 5.74) is 0. The minimum absolute atomic E-state index is 0.0531. The molecule has 0 spiro atoms. The molecule has 0 radical (unpaired) electrons. The summed E-state index contributed by atoms with van der Waals surface area (Å²) >= 11 is 0. The van der Waals surface area contributed by atoms with Gasteiger partial charge in [-0.3, -0.25) is 62.3 Å². The second kappa shape index (κ2) is 36.7. The molecule has 13 amide bonds. The number of nitrogens with one attached hydrogen (secondary N) is 11. The number of amides is 13. The van der Waals surface area contributed by atoms with Gasteiger partial charge in [0.05, 0.1) is 0 Å². The molecule has 28 heteroatoms. The Kier molecular flexibility index (Phi) is 31.5. The van der Waals surface area contributed by atoms with Gasteiger partial charge < -0.3 is 73.0 Å². The van der Waals surface area contributed by atoms with E-state index in [0.717, 1.165) is 0 Å². The van der Waals surface area contributed by atoms with E-state index in [9.17, 15) is 67.1 Å². The lowest BCUT2D eigenvalue weighted by atomic mass is 9.95. The number of esters is 1. The standard InChI is InChI=1S/C64H109N13O15/c1-19-23-44(78)76-28-21-24-42(76)56(83)66-39(17)54(81)69-47(33(7)8)59(86)68-41(30-31(3)4)55(82)74-51(37(15)20-2)62(89)75-52-40(18)92-64(91)50(36(13)14)73-57(84)43-25-22-29-77(43)45(79)26-27-65-53(80)38(16)67-58(85)46(32(5)6)70-60(87)48(34(9)10)71-61(88)49(35(11)12)72-63(52)90/h31-43,46-52H,19-30H2,1-18H3,(H,65,80)(H,66,83)(H,67,85)(H,68,86)(H,69,81)(H,70,87)(H,71,88)(H,72,90)(H,73,84)(H,74,82)(H,75,89)/t37-,38-,39-,40-,41-,42+,43-,46+,47+,48-,49+,50+,51+,52-/m1/s1. The van der Waals surface area contributed by atoms with E-state index in [1.165, 1.54) is 30.6 Å². The molecule has 92 heavy (non-hydrogen) atoms. The van der Waals surface area contributed by atoms with E-state index >= 15 is 0 Å². The van der Waals surface area contributed by atoms with E-state index in [1.54, 1.807) is 83.1 Å². The van der Waals surface area contributed by atoms with Gasteiger partial charge in [-0.2, -0.15) is 0 Å². The summed E-state index contributed by atoms with van der Waals surface area (Å²) in [5, 5.41) is 29.6. The molecule has 3 fully saturated rings. The normalized spacial score (nSPS) is 25.5. The molecule has 0 bridgehead atoms. The second-order valence-corrected chi connectivity index (χ2v) is 27.1. The van der Waals surface area contributed by atoms with Crippen molar-refractivity contribution < 1.29 is 71.9 Å². The fourth-order valence-electron chi connectivity index (χ4n) is 11.1. The first-order valence-corrected chi connectivity index (χ1v) is 33.1. The zero-order valence-corrected chi connectivity index (χ0v) is 57.6.